The molecule has 0 spiro atoms. The summed E-state index contributed by atoms with van der Waals surface area (Å²) in [5.41, 5.74) is -0.620. The maximum absolute atomic E-state index is 11.4. The van der Waals surface area contributed by atoms with E-state index in [1.807, 2.05) is 0 Å². The molecule has 6 heteroatoms. The predicted molar refractivity (Wildman–Crippen MR) is 55.9 cm³/mol. The number of hydrogen-bond donors (Lipinski definition) is 2. The molecule has 0 aromatic heterocycles. The molecule has 1 aliphatic carbocycles. The summed E-state index contributed by atoms with van der Waals surface area (Å²) in [7, 11) is -3.33. The molecular weight excluding hydrogens is 226 g/mol. The fourth-order valence-corrected chi connectivity index (χ4v) is 3.67. The first-order chi connectivity index (χ1) is 6.54. The lowest BCUT2D eigenvalue weighted by Gasteiger charge is -2.27. The Kier molecular flexibility index (Phi) is 4.18. The van der Waals surface area contributed by atoms with Crippen LogP contribution in [0.5, 0.6) is 0 Å². The highest BCUT2D eigenvalue weighted by Gasteiger charge is 2.36. The van der Waals surface area contributed by atoms with Gasteiger partial charge >= 0.3 is 0 Å². The van der Waals surface area contributed by atoms with Gasteiger partial charge in [0.2, 0.25) is 10.0 Å². The fourth-order valence-electron chi connectivity index (χ4n) is 1.83. The quantitative estimate of drug-likeness (QED) is 0.687. The Balaban J connectivity index is 2.64. The highest BCUT2D eigenvalue weighted by molar-refractivity contribution is 7.89. The molecule has 0 radical (unpaired) electrons. The van der Waals surface area contributed by atoms with Crippen LogP contribution in [0, 0.1) is 0 Å². The Morgan fingerprint density at radius 2 is 1.93 bits per heavy atom. The van der Waals surface area contributed by atoms with Gasteiger partial charge < -0.3 is 5.11 Å². The molecule has 0 aromatic rings. The number of nitrogens with one attached hydrogen (secondary N) is 1. The highest BCUT2D eigenvalue weighted by atomic mass is 35.5. The first-order valence-corrected chi connectivity index (χ1v) is 6.91. The smallest absolute Gasteiger partial charge is 0.213 e. The van der Waals surface area contributed by atoms with E-state index in [0.29, 0.717) is 12.8 Å². The minimum atomic E-state index is -3.33. The molecule has 0 amide bonds. The monoisotopic (exact) mass is 241 g/mol. The van der Waals surface area contributed by atoms with E-state index in [1.54, 1.807) is 0 Å². The summed E-state index contributed by atoms with van der Waals surface area (Å²) in [6.45, 7) is -0.130. The maximum Gasteiger partial charge on any atom is 0.213 e. The standard InChI is InChI=1S/C8H16ClNO3S/c9-5-6-14(12,13)10-8(7-11)3-1-2-4-8/h10-11H,1-7H2. The second-order valence-electron chi connectivity index (χ2n) is 3.76. The Hall–Kier alpha value is 0.160. The summed E-state index contributed by atoms with van der Waals surface area (Å²) >= 11 is 5.38. The molecule has 1 fully saturated rings. The molecule has 0 aromatic carbocycles. The number of aliphatic hydroxyl groups excluding tert-OH is 1. The van der Waals surface area contributed by atoms with E-state index in [-0.39, 0.29) is 18.2 Å². The lowest BCUT2D eigenvalue weighted by molar-refractivity contribution is 0.185. The molecule has 1 rings (SSSR count). The number of halogens is 1. The summed E-state index contributed by atoms with van der Waals surface area (Å²) in [5.74, 6) is -0.00680. The molecule has 1 saturated carbocycles. The maximum atomic E-state index is 11.4. The van der Waals surface area contributed by atoms with Gasteiger partial charge in [0.1, 0.15) is 0 Å². The van der Waals surface area contributed by atoms with Crippen LogP contribution in [0.1, 0.15) is 25.7 Å². The predicted octanol–water partition coefficient (Wildman–Crippen LogP) is 0.450. The first kappa shape index (κ1) is 12.2. The SMILES string of the molecule is O=S(=O)(CCCl)NC1(CO)CCCC1. The lowest BCUT2D eigenvalue weighted by Crippen LogP contribution is -2.50. The van der Waals surface area contributed by atoms with Crippen LogP contribution >= 0.6 is 11.6 Å². The topological polar surface area (TPSA) is 66.4 Å². The number of sulfonamides is 1. The third-order valence-corrected chi connectivity index (χ3v) is 4.48. The van der Waals surface area contributed by atoms with Crippen LogP contribution in [0.25, 0.3) is 0 Å². The molecule has 0 atom stereocenters. The van der Waals surface area contributed by atoms with Crippen molar-refractivity contribution in [1.82, 2.24) is 4.72 Å². The van der Waals surface area contributed by atoms with E-state index in [0.717, 1.165) is 12.8 Å². The molecule has 4 nitrogen and oxygen atoms in total. The first-order valence-electron chi connectivity index (χ1n) is 4.72. The van der Waals surface area contributed by atoms with Gasteiger partial charge in [0.25, 0.3) is 0 Å². The molecule has 0 unspecified atom stereocenters. The summed E-state index contributed by atoms with van der Waals surface area (Å²) < 4.78 is 25.4. The van der Waals surface area contributed by atoms with Gasteiger partial charge in [-0.1, -0.05) is 12.8 Å². The third-order valence-electron chi connectivity index (χ3n) is 2.58. The van der Waals surface area contributed by atoms with Crippen LogP contribution in [0.4, 0.5) is 0 Å². The summed E-state index contributed by atoms with van der Waals surface area (Å²) in [6.07, 6.45) is 3.35. The van der Waals surface area contributed by atoms with Crippen molar-refractivity contribution in [2.24, 2.45) is 0 Å². The number of hydrogen-bond acceptors (Lipinski definition) is 3. The molecule has 2 N–H and O–H groups in total. The highest BCUT2D eigenvalue weighted by Crippen LogP contribution is 2.29. The second-order valence-corrected chi connectivity index (χ2v) is 5.98. The zero-order valence-electron chi connectivity index (χ0n) is 8.00. The van der Waals surface area contributed by atoms with Crippen molar-refractivity contribution in [2.75, 3.05) is 18.2 Å². The zero-order valence-corrected chi connectivity index (χ0v) is 9.57. The van der Waals surface area contributed by atoms with Crippen LogP contribution in [-0.2, 0) is 10.0 Å². The average molecular weight is 242 g/mol. The number of alkyl halides is 1. The van der Waals surface area contributed by atoms with Gasteiger partial charge in [0.05, 0.1) is 17.9 Å². The Labute approximate surface area is 89.7 Å². The molecule has 0 saturated heterocycles. The average Bonchev–Trinajstić information content (AvgIpc) is 2.53. The minimum absolute atomic E-state index is 0.0802. The van der Waals surface area contributed by atoms with Gasteiger partial charge in [-0.3, -0.25) is 0 Å². The summed E-state index contributed by atoms with van der Waals surface area (Å²) in [6, 6.07) is 0. The second kappa shape index (κ2) is 4.79. The van der Waals surface area contributed by atoms with Gasteiger partial charge in [-0.25, -0.2) is 13.1 Å². The van der Waals surface area contributed by atoms with Crippen LogP contribution in [-0.4, -0.2) is 37.3 Å². The molecular formula is C8H16ClNO3S. The minimum Gasteiger partial charge on any atom is -0.394 e. The van der Waals surface area contributed by atoms with Crippen LogP contribution in [0.3, 0.4) is 0 Å². The van der Waals surface area contributed by atoms with Crippen LogP contribution in [0.2, 0.25) is 0 Å². The van der Waals surface area contributed by atoms with Gasteiger partial charge in [0, 0.05) is 5.88 Å². The largest absolute Gasteiger partial charge is 0.394 e. The normalized spacial score (nSPS) is 21.3. The van der Waals surface area contributed by atoms with Gasteiger partial charge in [0.15, 0.2) is 0 Å². The van der Waals surface area contributed by atoms with Crippen molar-refractivity contribution >= 4 is 21.6 Å². The molecule has 0 bridgehead atoms. The fraction of sp³-hybridized carbons (Fsp3) is 1.00. The van der Waals surface area contributed by atoms with Crippen molar-refractivity contribution in [3.8, 4) is 0 Å². The van der Waals surface area contributed by atoms with Crippen molar-refractivity contribution in [3.05, 3.63) is 0 Å². The van der Waals surface area contributed by atoms with Gasteiger partial charge in [-0.05, 0) is 12.8 Å². The van der Waals surface area contributed by atoms with E-state index in [4.69, 9.17) is 11.6 Å². The van der Waals surface area contributed by atoms with E-state index in [1.165, 1.54) is 0 Å². The number of aliphatic hydroxyl groups is 1. The Bertz CT molecular complexity index is 272. The van der Waals surface area contributed by atoms with E-state index in [9.17, 15) is 13.5 Å². The Morgan fingerprint density at radius 3 is 2.36 bits per heavy atom. The van der Waals surface area contributed by atoms with Crippen molar-refractivity contribution in [3.63, 3.8) is 0 Å². The van der Waals surface area contributed by atoms with Crippen molar-refractivity contribution in [2.45, 2.75) is 31.2 Å². The van der Waals surface area contributed by atoms with Crippen molar-refractivity contribution < 1.29 is 13.5 Å². The summed E-state index contributed by atoms with van der Waals surface area (Å²) in [4.78, 5) is 0. The molecule has 0 heterocycles. The zero-order chi connectivity index (χ0) is 10.7. The van der Waals surface area contributed by atoms with Crippen LogP contribution in [0.15, 0.2) is 0 Å². The van der Waals surface area contributed by atoms with Gasteiger partial charge in [-0.15, -0.1) is 11.6 Å². The van der Waals surface area contributed by atoms with E-state index < -0.39 is 15.6 Å². The third kappa shape index (κ3) is 3.08. The van der Waals surface area contributed by atoms with Crippen LogP contribution < -0.4 is 4.72 Å². The van der Waals surface area contributed by atoms with E-state index >= 15 is 0 Å². The molecule has 1 aliphatic rings. The summed E-state index contributed by atoms with van der Waals surface area (Å²) in [5, 5.41) is 9.19. The Morgan fingerprint density at radius 1 is 1.36 bits per heavy atom. The molecule has 14 heavy (non-hydrogen) atoms. The lowest BCUT2D eigenvalue weighted by atomic mass is 10.0. The molecule has 84 valence electrons. The number of rotatable bonds is 5. The van der Waals surface area contributed by atoms with Gasteiger partial charge in [-0.2, -0.15) is 0 Å². The van der Waals surface area contributed by atoms with E-state index in [2.05, 4.69) is 4.72 Å². The van der Waals surface area contributed by atoms with Crippen molar-refractivity contribution in [1.29, 1.82) is 0 Å². The molecule has 0 aliphatic heterocycles.